The van der Waals surface area contributed by atoms with Crippen LogP contribution < -0.4 is 19.7 Å². The zero-order valence-corrected chi connectivity index (χ0v) is 15.3. The third-order valence-electron chi connectivity index (χ3n) is 4.86. The van der Waals surface area contributed by atoms with Crippen LogP contribution in [0.2, 0.25) is 0 Å². The molecule has 1 heterocycles. The van der Waals surface area contributed by atoms with Gasteiger partial charge < -0.3 is 19.7 Å². The molecule has 1 amide bonds. The van der Waals surface area contributed by atoms with Gasteiger partial charge in [-0.25, -0.2) is 0 Å². The SMILES string of the molecule is COc1cc2c(cc1OC)N(CC(=O)NC1CCCCC1)CC(C)=N2. The number of methoxy groups -OCH3 is 2. The second kappa shape index (κ2) is 7.76. The molecule has 6 nitrogen and oxygen atoms in total. The van der Waals surface area contributed by atoms with Gasteiger partial charge in [-0.3, -0.25) is 9.79 Å². The number of benzene rings is 1. The lowest BCUT2D eigenvalue weighted by Gasteiger charge is -2.31. The van der Waals surface area contributed by atoms with Gasteiger partial charge in [-0.05, 0) is 19.8 Å². The van der Waals surface area contributed by atoms with Gasteiger partial charge in [0.2, 0.25) is 5.91 Å². The van der Waals surface area contributed by atoms with E-state index >= 15 is 0 Å². The summed E-state index contributed by atoms with van der Waals surface area (Å²) in [5.74, 6) is 1.36. The Labute approximate surface area is 149 Å². The fourth-order valence-electron chi connectivity index (χ4n) is 3.64. The quantitative estimate of drug-likeness (QED) is 0.891. The number of nitrogens with one attached hydrogen (secondary N) is 1. The molecule has 0 radical (unpaired) electrons. The monoisotopic (exact) mass is 345 g/mol. The first kappa shape index (κ1) is 17.6. The van der Waals surface area contributed by atoms with Gasteiger partial charge in [0.15, 0.2) is 11.5 Å². The third kappa shape index (κ3) is 4.06. The Balaban J connectivity index is 1.76. The van der Waals surface area contributed by atoms with E-state index in [9.17, 15) is 4.79 Å². The van der Waals surface area contributed by atoms with Crippen molar-refractivity contribution in [3.63, 3.8) is 0 Å². The first-order chi connectivity index (χ1) is 12.1. The van der Waals surface area contributed by atoms with Crippen molar-refractivity contribution in [2.75, 3.05) is 32.2 Å². The van der Waals surface area contributed by atoms with E-state index in [0.717, 1.165) is 29.9 Å². The molecular weight excluding hydrogens is 318 g/mol. The molecule has 6 heteroatoms. The van der Waals surface area contributed by atoms with Crippen LogP contribution in [0.25, 0.3) is 0 Å². The van der Waals surface area contributed by atoms with E-state index in [1.807, 2.05) is 19.1 Å². The first-order valence-corrected chi connectivity index (χ1v) is 8.95. The number of carbonyl (C=O) groups is 1. The van der Waals surface area contributed by atoms with Crippen LogP contribution in [0.15, 0.2) is 17.1 Å². The number of aliphatic imine (C=N–C) groups is 1. The van der Waals surface area contributed by atoms with Crippen LogP contribution in [0.5, 0.6) is 11.5 Å². The molecule has 0 aromatic heterocycles. The van der Waals surface area contributed by atoms with Crippen molar-refractivity contribution in [1.82, 2.24) is 5.32 Å². The highest BCUT2D eigenvalue weighted by Gasteiger charge is 2.24. The number of hydrogen-bond acceptors (Lipinski definition) is 5. The molecule has 0 saturated heterocycles. The maximum atomic E-state index is 12.5. The molecule has 1 N–H and O–H groups in total. The van der Waals surface area contributed by atoms with Crippen molar-refractivity contribution in [2.45, 2.75) is 45.1 Å². The molecular formula is C19H27N3O3. The molecule has 1 aromatic carbocycles. The highest BCUT2D eigenvalue weighted by Crippen LogP contribution is 2.41. The number of carbonyl (C=O) groups excluding carboxylic acids is 1. The van der Waals surface area contributed by atoms with Gasteiger partial charge in [0, 0.05) is 23.9 Å². The maximum absolute atomic E-state index is 12.5. The zero-order chi connectivity index (χ0) is 17.8. The smallest absolute Gasteiger partial charge is 0.239 e. The van der Waals surface area contributed by atoms with Crippen molar-refractivity contribution in [1.29, 1.82) is 0 Å². The van der Waals surface area contributed by atoms with Crippen molar-refractivity contribution >= 4 is 23.0 Å². The summed E-state index contributed by atoms with van der Waals surface area (Å²) in [5, 5.41) is 3.19. The predicted molar refractivity (Wildman–Crippen MR) is 99.5 cm³/mol. The number of fused-ring (bicyclic) bond motifs is 1. The standard InChI is InChI=1S/C19H27N3O3/c1-13-11-22(12-19(23)21-14-7-5-4-6-8-14)16-10-18(25-3)17(24-2)9-15(16)20-13/h9-10,14H,4-8,11-12H2,1-3H3,(H,21,23). The molecule has 1 fully saturated rings. The lowest BCUT2D eigenvalue weighted by atomic mass is 9.95. The zero-order valence-electron chi connectivity index (χ0n) is 15.3. The fraction of sp³-hybridized carbons (Fsp3) is 0.579. The van der Waals surface area contributed by atoms with Gasteiger partial charge in [-0.1, -0.05) is 19.3 Å². The number of amides is 1. The highest BCUT2D eigenvalue weighted by molar-refractivity contribution is 5.97. The predicted octanol–water partition coefficient (Wildman–Crippen LogP) is 3.07. The minimum Gasteiger partial charge on any atom is -0.493 e. The summed E-state index contributed by atoms with van der Waals surface area (Å²) in [4.78, 5) is 19.2. The van der Waals surface area contributed by atoms with Crippen LogP contribution in [0, 0.1) is 0 Å². The molecule has 0 unspecified atom stereocenters. The number of ether oxygens (including phenoxy) is 2. The van der Waals surface area contributed by atoms with E-state index in [4.69, 9.17) is 9.47 Å². The summed E-state index contributed by atoms with van der Waals surface area (Å²) in [6.07, 6.45) is 5.88. The lowest BCUT2D eigenvalue weighted by molar-refractivity contribution is -0.120. The highest BCUT2D eigenvalue weighted by atomic mass is 16.5. The molecule has 2 aliphatic rings. The Kier molecular flexibility index (Phi) is 5.46. The molecule has 1 aromatic rings. The Hall–Kier alpha value is -2.24. The molecule has 1 saturated carbocycles. The molecule has 0 atom stereocenters. The normalized spacial score (nSPS) is 17.6. The molecule has 1 aliphatic heterocycles. The van der Waals surface area contributed by atoms with E-state index in [2.05, 4.69) is 15.2 Å². The summed E-state index contributed by atoms with van der Waals surface area (Å²) in [5.41, 5.74) is 2.69. The Morgan fingerprint density at radius 3 is 2.56 bits per heavy atom. The lowest BCUT2D eigenvalue weighted by Crippen LogP contribution is -2.44. The van der Waals surface area contributed by atoms with Crippen LogP contribution in [0.4, 0.5) is 11.4 Å². The van der Waals surface area contributed by atoms with Crippen LogP contribution in [-0.2, 0) is 4.79 Å². The molecule has 136 valence electrons. The van der Waals surface area contributed by atoms with E-state index < -0.39 is 0 Å². The van der Waals surface area contributed by atoms with E-state index in [-0.39, 0.29) is 5.91 Å². The summed E-state index contributed by atoms with van der Waals surface area (Å²) in [6, 6.07) is 4.09. The van der Waals surface area contributed by atoms with E-state index in [0.29, 0.717) is 30.6 Å². The first-order valence-electron chi connectivity index (χ1n) is 8.95. The van der Waals surface area contributed by atoms with Crippen LogP contribution in [0.1, 0.15) is 39.0 Å². The van der Waals surface area contributed by atoms with Gasteiger partial charge in [-0.2, -0.15) is 0 Å². The molecule has 25 heavy (non-hydrogen) atoms. The van der Waals surface area contributed by atoms with Gasteiger partial charge >= 0.3 is 0 Å². The van der Waals surface area contributed by atoms with E-state index in [1.54, 1.807) is 14.2 Å². The van der Waals surface area contributed by atoms with Crippen molar-refractivity contribution in [2.24, 2.45) is 4.99 Å². The largest absolute Gasteiger partial charge is 0.493 e. The number of nitrogens with zero attached hydrogens (tertiary/aromatic N) is 2. The van der Waals surface area contributed by atoms with Gasteiger partial charge in [0.05, 0.1) is 38.7 Å². The van der Waals surface area contributed by atoms with Gasteiger partial charge in [0.25, 0.3) is 0 Å². The van der Waals surface area contributed by atoms with Gasteiger partial charge in [0.1, 0.15) is 0 Å². The minimum absolute atomic E-state index is 0.0716. The Morgan fingerprint density at radius 2 is 1.88 bits per heavy atom. The van der Waals surface area contributed by atoms with Crippen molar-refractivity contribution in [3.8, 4) is 11.5 Å². The minimum atomic E-state index is 0.0716. The van der Waals surface area contributed by atoms with Crippen LogP contribution in [-0.4, -0.2) is 45.0 Å². The summed E-state index contributed by atoms with van der Waals surface area (Å²) >= 11 is 0. The van der Waals surface area contributed by atoms with Crippen LogP contribution in [0.3, 0.4) is 0 Å². The number of rotatable bonds is 5. The molecule has 0 bridgehead atoms. The Bertz CT molecular complexity index is 666. The van der Waals surface area contributed by atoms with Crippen LogP contribution >= 0.6 is 0 Å². The van der Waals surface area contributed by atoms with Gasteiger partial charge in [-0.15, -0.1) is 0 Å². The summed E-state index contributed by atoms with van der Waals surface area (Å²) < 4.78 is 10.8. The third-order valence-corrected chi connectivity index (χ3v) is 4.86. The average Bonchev–Trinajstić information content (AvgIpc) is 2.61. The summed E-state index contributed by atoms with van der Waals surface area (Å²) in [7, 11) is 3.22. The van der Waals surface area contributed by atoms with E-state index in [1.165, 1.54) is 19.3 Å². The summed E-state index contributed by atoms with van der Waals surface area (Å²) in [6.45, 7) is 2.94. The second-order valence-corrected chi connectivity index (χ2v) is 6.80. The van der Waals surface area contributed by atoms with Crippen molar-refractivity contribution in [3.05, 3.63) is 12.1 Å². The topological polar surface area (TPSA) is 63.2 Å². The fourth-order valence-corrected chi connectivity index (χ4v) is 3.64. The molecule has 0 spiro atoms. The van der Waals surface area contributed by atoms with Crippen molar-refractivity contribution < 1.29 is 14.3 Å². The Morgan fingerprint density at radius 1 is 1.20 bits per heavy atom. The molecule has 3 rings (SSSR count). The second-order valence-electron chi connectivity index (χ2n) is 6.80. The maximum Gasteiger partial charge on any atom is 0.239 e. The molecule has 1 aliphatic carbocycles. The number of hydrogen-bond donors (Lipinski definition) is 1. The number of anilines is 1. The average molecular weight is 345 g/mol.